The first kappa shape index (κ1) is 13.4. The van der Waals surface area contributed by atoms with Gasteiger partial charge < -0.3 is 25.7 Å². The summed E-state index contributed by atoms with van der Waals surface area (Å²) in [5.41, 5.74) is -1.32. The predicted molar refractivity (Wildman–Crippen MR) is 58.8 cm³/mol. The Balaban J connectivity index is 3.05. The average molecular weight is 242 g/mol. The highest BCUT2D eigenvalue weighted by Crippen LogP contribution is 2.18. The zero-order valence-electron chi connectivity index (χ0n) is 9.00. The summed E-state index contributed by atoms with van der Waals surface area (Å²) in [6.45, 7) is -1.64. The first-order valence-corrected chi connectivity index (χ1v) is 4.86. The van der Waals surface area contributed by atoms with Crippen molar-refractivity contribution in [3.05, 3.63) is 24.0 Å². The molecule has 0 radical (unpaired) electrons. The molecule has 0 aliphatic rings. The molecule has 0 atom stereocenters. The van der Waals surface area contributed by atoms with Crippen molar-refractivity contribution >= 4 is 11.7 Å². The number of carboxylic acid groups (broad SMARTS) is 1. The Bertz CT molecular complexity index is 384. The van der Waals surface area contributed by atoms with Gasteiger partial charge in [-0.2, -0.15) is 0 Å². The molecule has 1 rings (SSSR count). The van der Waals surface area contributed by atoms with Crippen LogP contribution in [0.3, 0.4) is 0 Å². The summed E-state index contributed by atoms with van der Waals surface area (Å²) in [6.07, 6.45) is 2.56. The molecule has 94 valence electrons. The monoisotopic (exact) mass is 242 g/mol. The average Bonchev–Trinajstić information content (AvgIpc) is 2.36. The molecule has 0 amide bonds. The van der Waals surface area contributed by atoms with Gasteiger partial charge in [-0.05, 0) is 6.07 Å². The van der Waals surface area contributed by atoms with Crippen LogP contribution in [-0.2, 0) is 0 Å². The first-order chi connectivity index (χ1) is 8.08. The fourth-order valence-electron chi connectivity index (χ4n) is 1.23. The highest BCUT2D eigenvalue weighted by molar-refractivity contribution is 5.94. The van der Waals surface area contributed by atoms with E-state index in [-0.39, 0.29) is 11.3 Å². The molecular weight excluding hydrogens is 228 g/mol. The number of aliphatic hydroxyl groups is 3. The SMILES string of the molecule is O=C(O)c1ccncc1NC(CO)(CO)CO. The largest absolute Gasteiger partial charge is 0.478 e. The van der Waals surface area contributed by atoms with E-state index in [1.807, 2.05) is 0 Å². The van der Waals surface area contributed by atoms with Crippen LogP contribution in [-0.4, -0.2) is 56.7 Å². The topological polar surface area (TPSA) is 123 Å². The summed E-state index contributed by atoms with van der Waals surface area (Å²) in [5.74, 6) is -1.17. The molecule has 0 bridgehead atoms. The number of nitrogens with zero attached hydrogens (tertiary/aromatic N) is 1. The number of hydrogen-bond acceptors (Lipinski definition) is 6. The van der Waals surface area contributed by atoms with Crippen LogP contribution in [0.4, 0.5) is 5.69 Å². The van der Waals surface area contributed by atoms with Crippen molar-refractivity contribution in [3.8, 4) is 0 Å². The lowest BCUT2D eigenvalue weighted by atomic mass is 10.0. The maximum Gasteiger partial charge on any atom is 0.337 e. The van der Waals surface area contributed by atoms with Crippen molar-refractivity contribution in [2.75, 3.05) is 25.1 Å². The van der Waals surface area contributed by atoms with Gasteiger partial charge in [0.25, 0.3) is 0 Å². The molecular formula is C10H14N2O5. The van der Waals surface area contributed by atoms with Gasteiger partial charge in [-0.25, -0.2) is 4.79 Å². The van der Waals surface area contributed by atoms with Crippen LogP contribution in [0.1, 0.15) is 10.4 Å². The summed E-state index contributed by atoms with van der Waals surface area (Å²) >= 11 is 0. The molecule has 0 fully saturated rings. The van der Waals surface area contributed by atoms with Gasteiger partial charge >= 0.3 is 5.97 Å². The zero-order chi connectivity index (χ0) is 12.9. The Morgan fingerprint density at radius 3 is 2.35 bits per heavy atom. The first-order valence-electron chi connectivity index (χ1n) is 4.86. The van der Waals surface area contributed by atoms with Crippen molar-refractivity contribution in [1.29, 1.82) is 0 Å². The minimum absolute atomic E-state index is 0.0558. The summed E-state index contributed by atoms with van der Waals surface area (Å²) in [5, 5.41) is 38.9. The minimum Gasteiger partial charge on any atom is -0.478 e. The van der Waals surface area contributed by atoms with E-state index in [1.165, 1.54) is 18.5 Å². The summed E-state index contributed by atoms with van der Waals surface area (Å²) in [7, 11) is 0. The Hall–Kier alpha value is -1.70. The third-order valence-corrected chi connectivity index (χ3v) is 2.36. The van der Waals surface area contributed by atoms with E-state index in [1.54, 1.807) is 0 Å². The van der Waals surface area contributed by atoms with Crippen LogP contribution >= 0.6 is 0 Å². The standard InChI is InChI=1S/C10H14N2O5/c13-4-10(5-14,6-15)12-8-3-11-2-1-7(8)9(16)17/h1-3,12-15H,4-6H2,(H,16,17). The Morgan fingerprint density at radius 1 is 1.29 bits per heavy atom. The third kappa shape index (κ3) is 2.90. The molecule has 0 aliphatic carbocycles. The van der Waals surface area contributed by atoms with Crippen LogP contribution < -0.4 is 5.32 Å². The molecule has 0 saturated carbocycles. The lowest BCUT2D eigenvalue weighted by molar-refractivity contribution is 0.0692. The number of aromatic nitrogens is 1. The number of hydrogen-bond donors (Lipinski definition) is 5. The van der Waals surface area contributed by atoms with E-state index in [0.29, 0.717) is 0 Å². The number of nitrogens with one attached hydrogen (secondary N) is 1. The van der Waals surface area contributed by atoms with Crippen LogP contribution in [0.2, 0.25) is 0 Å². The Kier molecular flexibility index (Phi) is 4.38. The number of rotatable bonds is 6. The zero-order valence-corrected chi connectivity index (χ0v) is 9.00. The maximum absolute atomic E-state index is 10.9. The smallest absolute Gasteiger partial charge is 0.337 e. The second kappa shape index (κ2) is 5.58. The van der Waals surface area contributed by atoms with E-state index in [9.17, 15) is 4.79 Å². The molecule has 5 N–H and O–H groups in total. The van der Waals surface area contributed by atoms with Gasteiger partial charge in [0.15, 0.2) is 0 Å². The lowest BCUT2D eigenvalue weighted by Gasteiger charge is -2.30. The van der Waals surface area contributed by atoms with E-state index in [2.05, 4.69) is 10.3 Å². The number of aromatic carboxylic acids is 1. The molecule has 7 nitrogen and oxygen atoms in total. The van der Waals surface area contributed by atoms with Gasteiger partial charge in [0.2, 0.25) is 0 Å². The van der Waals surface area contributed by atoms with Gasteiger partial charge in [0.1, 0.15) is 5.54 Å². The van der Waals surface area contributed by atoms with E-state index in [4.69, 9.17) is 20.4 Å². The molecule has 1 aromatic rings. The van der Waals surface area contributed by atoms with Gasteiger partial charge in [0, 0.05) is 6.20 Å². The summed E-state index contributed by atoms with van der Waals surface area (Å²) in [6, 6.07) is 1.28. The van der Waals surface area contributed by atoms with Gasteiger partial charge in [-0.3, -0.25) is 4.98 Å². The highest BCUT2D eigenvalue weighted by atomic mass is 16.4. The number of carbonyl (C=O) groups is 1. The van der Waals surface area contributed by atoms with Crippen molar-refractivity contribution in [2.45, 2.75) is 5.54 Å². The van der Waals surface area contributed by atoms with E-state index < -0.39 is 31.3 Å². The molecule has 1 heterocycles. The summed E-state index contributed by atoms with van der Waals surface area (Å²) in [4.78, 5) is 14.7. The Labute approximate surface area is 97.4 Å². The van der Waals surface area contributed by atoms with Gasteiger partial charge in [-0.1, -0.05) is 0 Å². The van der Waals surface area contributed by atoms with Crippen molar-refractivity contribution in [1.82, 2.24) is 4.98 Å². The van der Waals surface area contributed by atoms with Crippen molar-refractivity contribution in [2.24, 2.45) is 0 Å². The second-order valence-electron chi connectivity index (χ2n) is 3.61. The molecule has 0 spiro atoms. The van der Waals surface area contributed by atoms with Crippen LogP contribution in [0, 0.1) is 0 Å². The quantitative estimate of drug-likeness (QED) is 0.429. The number of carboxylic acids is 1. The molecule has 0 saturated heterocycles. The summed E-state index contributed by atoms with van der Waals surface area (Å²) < 4.78 is 0. The molecule has 7 heteroatoms. The number of anilines is 1. The highest BCUT2D eigenvalue weighted by Gasteiger charge is 2.29. The van der Waals surface area contributed by atoms with Crippen molar-refractivity contribution < 1.29 is 25.2 Å². The van der Waals surface area contributed by atoms with Gasteiger partial charge in [0.05, 0.1) is 37.3 Å². The molecule has 0 unspecified atom stereocenters. The number of aliphatic hydroxyl groups excluding tert-OH is 3. The minimum atomic E-state index is -1.38. The number of pyridine rings is 1. The molecule has 17 heavy (non-hydrogen) atoms. The fourth-order valence-corrected chi connectivity index (χ4v) is 1.23. The van der Waals surface area contributed by atoms with Crippen molar-refractivity contribution in [3.63, 3.8) is 0 Å². The predicted octanol–water partition coefficient (Wildman–Crippen LogP) is -1.09. The molecule has 1 aromatic heterocycles. The maximum atomic E-state index is 10.9. The normalized spacial score (nSPS) is 11.2. The van der Waals surface area contributed by atoms with Gasteiger partial charge in [-0.15, -0.1) is 0 Å². The third-order valence-electron chi connectivity index (χ3n) is 2.36. The van der Waals surface area contributed by atoms with Crippen LogP contribution in [0.25, 0.3) is 0 Å². The van der Waals surface area contributed by atoms with E-state index in [0.717, 1.165) is 0 Å². The molecule has 0 aromatic carbocycles. The lowest BCUT2D eigenvalue weighted by Crippen LogP contribution is -2.49. The fraction of sp³-hybridized carbons (Fsp3) is 0.400. The molecule has 0 aliphatic heterocycles. The second-order valence-corrected chi connectivity index (χ2v) is 3.61. The van der Waals surface area contributed by atoms with Crippen LogP contribution in [0.15, 0.2) is 18.5 Å². The Morgan fingerprint density at radius 2 is 1.88 bits per heavy atom. The van der Waals surface area contributed by atoms with E-state index >= 15 is 0 Å². The van der Waals surface area contributed by atoms with Crippen LogP contribution in [0.5, 0.6) is 0 Å².